The second kappa shape index (κ2) is 4.45. The molecule has 14 heavy (non-hydrogen) atoms. The fourth-order valence-electron chi connectivity index (χ4n) is 1.10. The summed E-state index contributed by atoms with van der Waals surface area (Å²) in [4.78, 5) is 15.3. The van der Waals surface area contributed by atoms with Gasteiger partial charge in [-0.2, -0.15) is 0 Å². The first kappa shape index (κ1) is 10.3. The summed E-state index contributed by atoms with van der Waals surface area (Å²) in [7, 11) is 0. The lowest BCUT2D eigenvalue weighted by atomic mass is 10.4. The van der Waals surface area contributed by atoms with E-state index in [0.717, 1.165) is 0 Å². The number of nitrogens with zero attached hydrogens (tertiary/aromatic N) is 2. The number of ether oxygens (including phenoxy) is 1. The topological polar surface area (TPSA) is 70.1 Å². The molecule has 1 rings (SSSR count). The Labute approximate surface area is 82.2 Å². The predicted octanol–water partition coefficient (Wildman–Crippen LogP) is 0.828. The Balaban J connectivity index is 2.97. The van der Waals surface area contributed by atoms with Crippen molar-refractivity contribution in [2.75, 3.05) is 12.3 Å². The first-order valence-electron chi connectivity index (χ1n) is 4.29. The molecule has 0 bridgehead atoms. The van der Waals surface area contributed by atoms with Crippen molar-refractivity contribution in [2.45, 2.75) is 13.5 Å². The van der Waals surface area contributed by atoms with Crippen LogP contribution in [-0.4, -0.2) is 22.1 Å². The van der Waals surface area contributed by atoms with Gasteiger partial charge in [-0.25, -0.2) is 9.78 Å². The molecule has 0 atom stereocenters. The van der Waals surface area contributed by atoms with Crippen LogP contribution in [0.3, 0.4) is 0 Å². The number of allylic oxidation sites excluding steroid dienone is 1. The van der Waals surface area contributed by atoms with Crippen molar-refractivity contribution >= 4 is 11.8 Å². The number of esters is 1. The van der Waals surface area contributed by atoms with E-state index in [-0.39, 0.29) is 11.5 Å². The van der Waals surface area contributed by atoms with Gasteiger partial charge in [-0.15, -0.1) is 6.58 Å². The van der Waals surface area contributed by atoms with Crippen molar-refractivity contribution in [1.29, 1.82) is 0 Å². The maximum atomic E-state index is 11.4. The summed E-state index contributed by atoms with van der Waals surface area (Å²) in [6.45, 7) is 6.11. The van der Waals surface area contributed by atoms with Gasteiger partial charge in [0.2, 0.25) is 0 Å². The molecule has 1 aromatic heterocycles. The van der Waals surface area contributed by atoms with Crippen LogP contribution in [0, 0.1) is 0 Å². The highest BCUT2D eigenvalue weighted by atomic mass is 16.5. The number of nitrogen functional groups attached to an aromatic ring is 1. The molecule has 0 aromatic carbocycles. The SMILES string of the molecule is C=CCn1cnc(N)c1C(=O)OCC. The summed E-state index contributed by atoms with van der Waals surface area (Å²) in [5.74, 6) is -0.269. The third-order valence-electron chi connectivity index (χ3n) is 1.66. The van der Waals surface area contributed by atoms with Gasteiger partial charge in [-0.1, -0.05) is 6.08 Å². The third-order valence-corrected chi connectivity index (χ3v) is 1.66. The number of carbonyl (C=O) groups excluding carboxylic acids is 1. The van der Waals surface area contributed by atoms with E-state index in [1.54, 1.807) is 17.6 Å². The van der Waals surface area contributed by atoms with Crippen LogP contribution >= 0.6 is 0 Å². The summed E-state index contributed by atoms with van der Waals surface area (Å²) >= 11 is 0. The number of anilines is 1. The predicted molar refractivity (Wildman–Crippen MR) is 52.8 cm³/mol. The molecule has 0 saturated heterocycles. The van der Waals surface area contributed by atoms with E-state index in [4.69, 9.17) is 10.5 Å². The quantitative estimate of drug-likeness (QED) is 0.570. The van der Waals surface area contributed by atoms with Gasteiger partial charge in [0.15, 0.2) is 11.5 Å². The number of imidazole rings is 1. The molecule has 0 aliphatic heterocycles. The maximum absolute atomic E-state index is 11.4. The van der Waals surface area contributed by atoms with Crippen molar-refractivity contribution < 1.29 is 9.53 Å². The molecule has 0 radical (unpaired) electrons. The molecule has 1 heterocycles. The van der Waals surface area contributed by atoms with Crippen LogP contribution in [-0.2, 0) is 11.3 Å². The van der Waals surface area contributed by atoms with Crippen LogP contribution in [0.5, 0.6) is 0 Å². The standard InChI is InChI=1S/C9H13N3O2/c1-3-5-12-6-11-8(10)7(12)9(13)14-4-2/h3,6H,1,4-5,10H2,2H3. The van der Waals surface area contributed by atoms with Crippen LogP contribution in [0.25, 0.3) is 0 Å². The Morgan fingerprint density at radius 2 is 2.57 bits per heavy atom. The minimum absolute atomic E-state index is 0.185. The molecule has 2 N–H and O–H groups in total. The lowest BCUT2D eigenvalue weighted by Gasteiger charge is -2.04. The maximum Gasteiger partial charge on any atom is 0.358 e. The molecule has 0 fully saturated rings. The number of nitrogens with two attached hydrogens (primary N) is 1. The lowest BCUT2D eigenvalue weighted by molar-refractivity contribution is 0.0516. The second-order valence-electron chi connectivity index (χ2n) is 2.64. The zero-order valence-electron chi connectivity index (χ0n) is 8.06. The minimum Gasteiger partial charge on any atom is -0.461 e. The molecule has 0 amide bonds. The summed E-state index contributed by atoms with van der Waals surface area (Å²) in [6.07, 6.45) is 3.15. The molecular weight excluding hydrogens is 182 g/mol. The Hall–Kier alpha value is -1.78. The molecule has 0 spiro atoms. The van der Waals surface area contributed by atoms with Crippen molar-refractivity contribution in [3.05, 3.63) is 24.7 Å². The van der Waals surface area contributed by atoms with Crippen LogP contribution in [0.2, 0.25) is 0 Å². The number of aromatic nitrogens is 2. The second-order valence-corrected chi connectivity index (χ2v) is 2.64. The Kier molecular flexibility index (Phi) is 3.28. The summed E-state index contributed by atoms with van der Waals surface area (Å²) < 4.78 is 6.44. The Morgan fingerprint density at radius 1 is 1.86 bits per heavy atom. The van der Waals surface area contributed by atoms with Gasteiger partial charge in [0, 0.05) is 6.54 Å². The highest BCUT2D eigenvalue weighted by Gasteiger charge is 2.16. The van der Waals surface area contributed by atoms with Gasteiger partial charge in [-0.05, 0) is 6.92 Å². The number of hydrogen-bond donors (Lipinski definition) is 1. The van der Waals surface area contributed by atoms with Gasteiger partial charge in [0.25, 0.3) is 0 Å². The molecule has 76 valence electrons. The Morgan fingerprint density at radius 3 is 3.14 bits per heavy atom. The number of hydrogen-bond acceptors (Lipinski definition) is 4. The van der Waals surface area contributed by atoms with Gasteiger partial charge in [-0.3, -0.25) is 0 Å². The van der Waals surface area contributed by atoms with Crippen LogP contribution in [0.15, 0.2) is 19.0 Å². The smallest absolute Gasteiger partial charge is 0.358 e. The minimum atomic E-state index is -0.454. The van der Waals surface area contributed by atoms with Crippen molar-refractivity contribution in [2.24, 2.45) is 0 Å². The van der Waals surface area contributed by atoms with E-state index < -0.39 is 5.97 Å². The largest absolute Gasteiger partial charge is 0.461 e. The molecular formula is C9H13N3O2. The van der Waals surface area contributed by atoms with E-state index >= 15 is 0 Å². The highest BCUT2D eigenvalue weighted by molar-refractivity contribution is 5.92. The average Bonchev–Trinajstić information content (AvgIpc) is 2.48. The zero-order valence-corrected chi connectivity index (χ0v) is 8.06. The molecule has 0 aliphatic rings. The van der Waals surface area contributed by atoms with Crippen LogP contribution in [0.1, 0.15) is 17.4 Å². The fraction of sp³-hybridized carbons (Fsp3) is 0.333. The fourth-order valence-corrected chi connectivity index (χ4v) is 1.10. The van der Waals surface area contributed by atoms with Gasteiger partial charge < -0.3 is 15.0 Å². The van der Waals surface area contributed by atoms with E-state index in [0.29, 0.717) is 13.2 Å². The molecule has 5 nitrogen and oxygen atoms in total. The molecule has 0 saturated carbocycles. The Bertz CT molecular complexity index is 344. The molecule has 1 aromatic rings. The third kappa shape index (κ3) is 1.93. The zero-order chi connectivity index (χ0) is 10.6. The molecule has 5 heteroatoms. The van der Waals surface area contributed by atoms with Crippen LogP contribution < -0.4 is 5.73 Å². The van der Waals surface area contributed by atoms with Gasteiger partial charge >= 0.3 is 5.97 Å². The molecule has 0 aliphatic carbocycles. The van der Waals surface area contributed by atoms with Crippen molar-refractivity contribution in [1.82, 2.24) is 9.55 Å². The van der Waals surface area contributed by atoms with E-state index in [9.17, 15) is 4.79 Å². The van der Waals surface area contributed by atoms with E-state index in [1.807, 2.05) is 0 Å². The van der Waals surface area contributed by atoms with Crippen molar-refractivity contribution in [3.8, 4) is 0 Å². The van der Waals surface area contributed by atoms with Gasteiger partial charge in [0.1, 0.15) is 0 Å². The summed E-state index contributed by atoms with van der Waals surface area (Å²) in [6, 6.07) is 0. The highest BCUT2D eigenvalue weighted by Crippen LogP contribution is 2.11. The number of carbonyl (C=O) groups is 1. The van der Waals surface area contributed by atoms with Crippen molar-refractivity contribution in [3.63, 3.8) is 0 Å². The summed E-state index contributed by atoms with van der Waals surface area (Å²) in [5, 5.41) is 0. The molecule has 0 unspecified atom stereocenters. The van der Waals surface area contributed by atoms with E-state index in [2.05, 4.69) is 11.6 Å². The van der Waals surface area contributed by atoms with Crippen LogP contribution in [0.4, 0.5) is 5.82 Å². The first-order chi connectivity index (χ1) is 6.70. The van der Waals surface area contributed by atoms with Gasteiger partial charge in [0.05, 0.1) is 12.9 Å². The average molecular weight is 195 g/mol. The first-order valence-corrected chi connectivity index (χ1v) is 4.29. The normalized spacial score (nSPS) is 9.79. The number of rotatable bonds is 4. The summed E-state index contributed by atoms with van der Waals surface area (Å²) in [5.41, 5.74) is 5.82. The lowest BCUT2D eigenvalue weighted by Crippen LogP contribution is -2.13. The van der Waals surface area contributed by atoms with E-state index in [1.165, 1.54) is 6.33 Å². The monoisotopic (exact) mass is 195 g/mol.